The maximum Gasteiger partial charge on any atom is 0.233 e. The van der Waals surface area contributed by atoms with Crippen LogP contribution in [0.1, 0.15) is 22.2 Å². The predicted octanol–water partition coefficient (Wildman–Crippen LogP) is 4.01. The van der Waals surface area contributed by atoms with Gasteiger partial charge in [-0.2, -0.15) is 10.3 Å². The lowest BCUT2D eigenvalue weighted by molar-refractivity contribution is 0.390. The second kappa shape index (κ2) is 7.58. The van der Waals surface area contributed by atoms with Gasteiger partial charge in [0, 0.05) is 10.6 Å². The number of hydrogen-bond acceptors (Lipinski definition) is 7. The first kappa shape index (κ1) is 19.4. The number of rotatable bonds is 3. The molecule has 0 unspecified atom stereocenters. The van der Waals surface area contributed by atoms with Crippen molar-refractivity contribution < 1.29 is 0 Å². The third-order valence-corrected chi connectivity index (χ3v) is 6.13. The normalized spacial score (nSPS) is 20.2. The lowest BCUT2D eigenvalue weighted by Crippen LogP contribution is -2.48. The molecule has 2 atom stereocenters. The smallest absolute Gasteiger partial charge is 0.233 e. The Labute approximate surface area is 187 Å². The van der Waals surface area contributed by atoms with Crippen LogP contribution in [0, 0.1) is 23.8 Å². The van der Waals surface area contributed by atoms with Crippen molar-refractivity contribution in [1.82, 2.24) is 15.1 Å². The monoisotopic (exact) mass is 446 g/mol. The molecule has 1 aromatic heterocycles. The lowest BCUT2D eigenvalue weighted by Gasteiger charge is -2.34. The maximum atomic E-state index is 9.79. The lowest BCUT2D eigenvalue weighted by atomic mass is 9.96. The fraction of sp³-hybridized carbons (Fsp3) is 0.143. The van der Waals surface area contributed by atoms with E-state index in [9.17, 15) is 5.26 Å². The number of benzene rings is 2. The molecule has 0 fully saturated rings. The Hall–Kier alpha value is -3.61. The van der Waals surface area contributed by atoms with Crippen molar-refractivity contribution in [3.05, 3.63) is 75.8 Å². The van der Waals surface area contributed by atoms with Gasteiger partial charge in [0.05, 0.1) is 0 Å². The van der Waals surface area contributed by atoms with Crippen LogP contribution in [0.5, 0.6) is 0 Å². The summed E-state index contributed by atoms with van der Waals surface area (Å²) in [7, 11) is 0. The van der Waals surface area contributed by atoms with Crippen LogP contribution in [0.2, 0.25) is 5.02 Å². The van der Waals surface area contributed by atoms with Gasteiger partial charge in [-0.1, -0.05) is 65.4 Å². The average Bonchev–Trinajstić information content (AvgIpc) is 3.37. The van der Waals surface area contributed by atoms with Gasteiger partial charge in [0.15, 0.2) is 6.19 Å². The molecule has 10 heteroatoms. The second-order valence-corrected chi connectivity index (χ2v) is 8.56. The van der Waals surface area contributed by atoms with E-state index in [-0.39, 0.29) is 5.96 Å². The highest BCUT2D eigenvalue weighted by Gasteiger charge is 2.47. The van der Waals surface area contributed by atoms with E-state index in [1.807, 2.05) is 54.3 Å². The molecule has 0 radical (unpaired) electrons. The van der Waals surface area contributed by atoms with Crippen molar-refractivity contribution in [3.63, 3.8) is 0 Å². The van der Waals surface area contributed by atoms with Gasteiger partial charge in [-0.3, -0.25) is 15.3 Å². The highest BCUT2D eigenvalue weighted by Crippen LogP contribution is 2.38. The highest BCUT2D eigenvalue weighted by atomic mass is 35.5. The van der Waals surface area contributed by atoms with Crippen molar-refractivity contribution in [2.45, 2.75) is 19.0 Å². The van der Waals surface area contributed by atoms with Crippen LogP contribution in [0.3, 0.4) is 0 Å². The van der Waals surface area contributed by atoms with Crippen molar-refractivity contribution in [1.29, 1.82) is 10.7 Å². The molecule has 3 aromatic rings. The van der Waals surface area contributed by atoms with Gasteiger partial charge in [-0.05, 0) is 24.6 Å². The molecule has 2 aliphatic rings. The van der Waals surface area contributed by atoms with Gasteiger partial charge < -0.3 is 0 Å². The molecule has 0 saturated heterocycles. The molecule has 2 aromatic carbocycles. The maximum absolute atomic E-state index is 9.79. The zero-order valence-electron chi connectivity index (χ0n) is 16.3. The number of fused-ring (bicyclic) bond motifs is 1. The van der Waals surface area contributed by atoms with E-state index in [2.05, 4.69) is 21.4 Å². The number of nitrogens with one attached hydrogen (secondary N) is 1. The summed E-state index contributed by atoms with van der Waals surface area (Å²) in [4.78, 5) is 12.6. The third kappa shape index (κ3) is 3.26. The molecule has 1 N–H and O–H groups in total. The first-order valence-electron chi connectivity index (χ1n) is 9.42. The summed E-state index contributed by atoms with van der Waals surface area (Å²) in [6.45, 7) is 1.88. The quantitative estimate of drug-likeness (QED) is 0.612. The molecular formula is C21H15ClN8S. The summed E-state index contributed by atoms with van der Waals surface area (Å²) >= 11 is 7.50. The summed E-state index contributed by atoms with van der Waals surface area (Å²) in [5.74, 6) is 1.06. The first-order chi connectivity index (χ1) is 15.1. The van der Waals surface area contributed by atoms with Gasteiger partial charge in [0.1, 0.15) is 28.8 Å². The molecule has 8 nitrogen and oxygen atoms in total. The van der Waals surface area contributed by atoms with E-state index in [4.69, 9.17) is 22.0 Å². The van der Waals surface area contributed by atoms with Crippen molar-refractivity contribution >= 4 is 45.7 Å². The molecule has 2 aliphatic heterocycles. The Morgan fingerprint density at radius 3 is 2.48 bits per heavy atom. The number of anilines is 1. The Morgan fingerprint density at radius 2 is 1.84 bits per heavy atom. The topological polar surface area (TPSA) is 105 Å². The van der Waals surface area contributed by atoms with Gasteiger partial charge in [0.2, 0.25) is 11.1 Å². The van der Waals surface area contributed by atoms with Crippen molar-refractivity contribution in [2.75, 3.05) is 4.90 Å². The van der Waals surface area contributed by atoms with Gasteiger partial charge in [0.25, 0.3) is 0 Å². The van der Waals surface area contributed by atoms with Crippen molar-refractivity contribution in [2.24, 2.45) is 9.98 Å². The minimum absolute atomic E-state index is 0.149. The van der Waals surface area contributed by atoms with Gasteiger partial charge >= 0.3 is 0 Å². The molecule has 0 saturated carbocycles. The third-order valence-electron chi connectivity index (χ3n) is 5.05. The number of aromatic nitrogens is 2. The molecule has 152 valence electrons. The highest BCUT2D eigenvalue weighted by molar-refractivity contribution is 7.15. The van der Waals surface area contributed by atoms with Crippen LogP contribution in [-0.2, 0) is 0 Å². The van der Waals surface area contributed by atoms with E-state index in [1.54, 1.807) is 12.1 Å². The number of hydrogen-bond donors (Lipinski definition) is 1. The summed E-state index contributed by atoms with van der Waals surface area (Å²) in [5.41, 5.74) is 1.71. The standard InChI is InChI=1S/C21H15ClN8S/c1-12-27-28-21(31-12)30-18(14-5-3-2-4-6-14)25-16-17(13-7-9-15(22)10-8-13)29(11-23)20(24)26-19(16)30/h2-10,16-17,24H,1H3/t16-,17+/m0/s1. The minimum atomic E-state index is -0.528. The average molecular weight is 447 g/mol. The van der Waals surface area contributed by atoms with Crippen LogP contribution >= 0.6 is 22.9 Å². The summed E-state index contributed by atoms with van der Waals surface area (Å²) in [6.07, 6.45) is 2.10. The zero-order valence-corrected chi connectivity index (χ0v) is 17.8. The zero-order chi connectivity index (χ0) is 21.5. The molecule has 3 heterocycles. The molecule has 0 amide bonds. The first-order valence-corrected chi connectivity index (χ1v) is 10.6. The molecule has 31 heavy (non-hydrogen) atoms. The number of nitrogens with zero attached hydrogens (tertiary/aromatic N) is 7. The minimum Gasteiger partial charge on any atom is -0.266 e. The van der Waals surface area contributed by atoms with Crippen LogP contribution in [0.4, 0.5) is 5.13 Å². The second-order valence-electron chi connectivity index (χ2n) is 6.96. The number of amidine groups is 2. The SMILES string of the molecule is Cc1nnc(N2C(c3ccccc3)=N[C@@H]3C2=NC(=N)N(C#N)[C@@H]3c2ccc(Cl)cc2)s1. The van der Waals surface area contributed by atoms with E-state index in [1.165, 1.54) is 16.2 Å². The number of aryl methyl sites for hydroxylation is 1. The van der Waals surface area contributed by atoms with Crippen LogP contribution in [0.25, 0.3) is 0 Å². The molecular weight excluding hydrogens is 432 g/mol. The van der Waals surface area contributed by atoms with E-state index < -0.39 is 12.1 Å². The Kier molecular flexibility index (Phi) is 4.73. The fourth-order valence-corrected chi connectivity index (χ4v) is 4.53. The summed E-state index contributed by atoms with van der Waals surface area (Å²) in [5, 5.41) is 28.7. The number of guanidine groups is 1. The van der Waals surface area contributed by atoms with Gasteiger partial charge in [-0.15, -0.1) is 10.2 Å². The van der Waals surface area contributed by atoms with E-state index in [0.29, 0.717) is 21.8 Å². The summed E-state index contributed by atoms with van der Waals surface area (Å²) < 4.78 is 0. The van der Waals surface area contributed by atoms with E-state index in [0.717, 1.165) is 16.1 Å². The molecule has 0 bridgehead atoms. The number of aliphatic imine (C=N–C) groups is 2. The fourth-order valence-electron chi connectivity index (χ4n) is 3.71. The Balaban J connectivity index is 1.70. The Bertz CT molecular complexity index is 1260. The van der Waals surface area contributed by atoms with Crippen LogP contribution < -0.4 is 4.90 Å². The molecule has 5 rings (SSSR count). The Morgan fingerprint density at radius 1 is 1.10 bits per heavy atom. The van der Waals surface area contributed by atoms with Crippen LogP contribution in [-0.4, -0.2) is 38.8 Å². The largest absolute Gasteiger partial charge is 0.266 e. The molecule has 0 spiro atoms. The number of halogens is 1. The van der Waals surface area contributed by atoms with Crippen molar-refractivity contribution in [3.8, 4) is 6.19 Å². The summed E-state index contributed by atoms with van der Waals surface area (Å²) in [6, 6.07) is 15.9. The van der Waals surface area contributed by atoms with Crippen LogP contribution in [0.15, 0.2) is 64.6 Å². The van der Waals surface area contributed by atoms with Gasteiger partial charge in [-0.25, -0.2) is 4.90 Å². The van der Waals surface area contributed by atoms with E-state index >= 15 is 0 Å². The predicted molar refractivity (Wildman–Crippen MR) is 121 cm³/mol. The number of nitriles is 1. The molecule has 0 aliphatic carbocycles.